The van der Waals surface area contributed by atoms with E-state index >= 15 is 0 Å². The maximum Gasteiger partial charge on any atom is 0.337 e. The number of carbonyl (C=O) groups is 2. The van der Waals surface area contributed by atoms with Crippen LogP contribution in [0.2, 0.25) is 0 Å². The van der Waals surface area contributed by atoms with Gasteiger partial charge >= 0.3 is 5.97 Å². The van der Waals surface area contributed by atoms with E-state index in [1.807, 2.05) is 0 Å². The van der Waals surface area contributed by atoms with Gasteiger partial charge < -0.3 is 10.2 Å². The van der Waals surface area contributed by atoms with Crippen molar-refractivity contribution in [1.82, 2.24) is 0 Å². The number of benzene rings is 1. The van der Waals surface area contributed by atoms with Gasteiger partial charge in [-0.05, 0) is 6.07 Å². The summed E-state index contributed by atoms with van der Waals surface area (Å²) >= 11 is 0. The van der Waals surface area contributed by atoms with Gasteiger partial charge in [-0.15, -0.1) is 0 Å². The number of nitriles is 1. The van der Waals surface area contributed by atoms with E-state index in [9.17, 15) is 24.8 Å². The van der Waals surface area contributed by atoms with Crippen molar-refractivity contribution in [1.29, 1.82) is 5.26 Å². The number of nitrogens with zero attached hydrogens (tertiary/aromatic N) is 2. The van der Waals surface area contributed by atoms with Crippen molar-refractivity contribution in [2.75, 3.05) is 0 Å². The Hall–Kier alpha value is -2.79. The third-order valence-corrected chi connectivity index (χ3v) is 2.21. The topological polar surface area (TPSA) is 142 Å². The molecule has 1 rings (SSSR count). The van der Waals surface area contributed by atoms with Crippen molar-refractivity contribution in [3.05, 3.63) is 38.9 Å². The Morgan fingerprint density at radius 2 is 2.17 bits per heavy atom. The van der Waals surface area contributed by atoms with Gasteiger partial charge in [0.15, 0.2) is 12.4 Å². The molecule has 0 aliphatic heterocycles. The largest absolute Gasteiger partial charge is 0.479 e. The molecule has 0 amide bonds. The lowest BCUT2D eigenvalue weighted by Gasteiger charge is -2.10. The van der Waals surface area contributed by atoms with Crippen LogP contribution in [0.25, 0.3) is 0 Å². The second-order valence-electron chi connectivity index (χ2n) is 3.19. The summed E-state index contributed by atoms with van der Waals surface area (Å²) in [5.41, 5.74) is -2.17. The van der Waals surface area contributed by atoms with Crippen molar-refractivity contribution in [2.24, 2.45) is 0 Å². The first-order valence-electron chi connectivity index (χ1n) is 4.51. The predicted molar refractivity (Wildman–Crippen MR) is 55.8 cm³/mol. The minimum atomic E-state index is -2.25. The number of carbonyl (C=O) groups excluding carboxylic acids is 1. The Morgan fingerprint density at radius 3 is 2.56 bits per heavy atom. The quantitative estimate of drug-likeness (QED) is 0.447. The normalized spacial score (nSPS) is 11.3. The zero-order chi connectivity index (χ0) is 13.9. The third kappa shape index (κ3) is 2.16. The maximum absolute atomic E-state index is 10.8. The molecule has 0 spiro atoms. The molecule has 18 heavy (non-hydrogen) atoms. The number of hydrogen-bond acceptors (Lipinski definition) is 6. The molecule has 0 aromatic heterocycles. The highest BCUT2D eigenvalue weighted by molar-refractivity contribution is 5.88. The molecular formula is C10H6N2O6. The van der Waals surface area contributed by atoms with E-state index in [0.717, 1.165) is 12.1 Å². The van der Waals surface area contributed by atoms with E-state index in [1.54, 1.807) is 6.07 Å². The van der Waals surface area contributed by atoms with Gasteiger partial charge in [-0.3, -0.25) is 14.9 Å². The second kappa shape index (κ2) is 5.03. The Bertz CT molecular complexity index is 574. The first-order valence-corrected chi connectivity index (χ1v) is 4.51. The lowest BCUT2D eigenvalue weighted by atomic mass is 9.96. The molecule has 1 aromatic rings. The Labute approximate surface area is 99.8 Å². The molecule has 0 aliphatic carbocycles. The monoisotopic (exact) mass is 250 g/mol. The summed E-state index contributed by atoms with van der Waals surface area (Å²) < 4.78 is 0. The van der Waals surface area contributed by atoms with Crippen LogP contribution in [0.5, 0.6) is 0 Å². The zero-order valence-corrected chi connectivity index (χ0v) is 8.73. The minimum absolute atomic E-state index is 0.104. The van der Waals surface area contributed by atoms with Crippen molar-refractivity contribution >= 4 is 17.9 Å². The highest BCUT2D eigenvalue weighted by Gasteiger charge is 2.30. The molecule has 0 heterocycles. The lowest BCUT2D eigenvalue weighted by molar-refractivity contribution is -0.386. The molecule has 8 nitrogen and oxygen atoms in total. The summed E-state index contributed by atoms with van der Waals surface area (Å²) in [7, 11) is 0. The van der Waals surface area contributed by atoms with Crippen molar-refractivity contribution in [3.63, 3.8) is 0 Å². The second-order valence-corrected chi connectivity index (χ2v) is 3.19. The van der Waals surface area contributed by atoms with E-state index in [4.69, 9.17) is 10.4 Å². The molecule has 8 heteroatoms. The molecule has 1 aromatic carbocycles. The van der Waals surface area contributed by atoms with Crippen molar-refractivity contribution in [3.8, 4) is 6.07 Å². The van der Waals surface area contributed by atoms with E-state index in [2.05, 4.69) is 0 Å². The third-order valence-electron chi connectivity index (χ3n) is 2.21. The molecule has 0 aliphatic rings. The van der Waals surface area contributed by atoms with Gasteiger partial charge in [0.05, 0.1) is 22.1 Å². The number of aliphatic hydroxyl groups is 1. The van der Waals surface area contributed by atoms with Gasteiger partial charge in [-0.1, -0.05) is 0 Å². The summed E-state index contributed by atoms with van der Waals surface area (Å²) in [6.07, 6.45) is -2.15. The molecule has 0 fully saturated rings. The number of nitro groups is 1. The van der Waals surface area contributed by atoms with Crippen LogP contribution >= 0.6 is 0 Å². The average Bonchev–Trinajstić information content (AvgIpc) is 2.35. The van der Waals surface area contributed by atoms with Crippen LogP contribution in [-0.4, -0.2) is 27.4 Å². The first-order chi connectivity index (χ1) is 8.43. The number of carboxylic acids is 1. The number of aldehydes is 1. The summed E-state index contributed by atoms with van der Waals surface area (Å²) in [6, 6.07) is 3.47. The van der Waals surface area contributed by atoms with E-state index < -0.39 is 33.8 Å². The number of nitro benzene ring substituents is 1. The Morgan fingerprint density at radius 1 is 1.56 bits per heavy atom. The molecule has 0 radical (unpaired) electrons. The van der Waals surface area contributed by atoms with Crippen LogP contribution in [0, 0.1) is 21.4 Å². The summed E-state index contributed by atoms with van der Waals surface area (Å²) in [4.78, 5) is 31.3. The van der Waals surface area contributed by atoms with Crippen LogP contribution < -0.4 is 0 Å². The fraction of sp³-hybridized carbons (Fsp3) is 0.100. The maximum atomic E-state index is 10.8. The summed E-state index contributed by atoms with van der Waals surface area (Å²) in [5.74, 6) is -1.75. The fourth-order valence-corrected chi connectivity index (χ4v) is 1.42. The zero-order valence-electron chi connectivity index (χ0n) is 8.73. The molecule has 1 atom stereocenters. The number of aliphatic hydroxyl groups excluding tert-OH is 1. The Kier molecular flexibility index (Phi) is 3.71. The molecular weight excluding hydrogens is 244 g/mol. The van der Waals surface area contributed by atoms with Crippen LogP contribution in [-0.2, 0) is 4.79 Å². The van der Waals surface area contributed by atoms with Crippen LogP contribution in [0.15, 0.2) is 12.1 Å². The number of hydrogen-bond donors (Lipinski definition) is 2. The van der Waals surface area contributed by atoms with Gasteiger partial charge in [-0.25, -0.2) is 4.79 Å². The van der Waals surface area contributed by atoms with Gasteiger partial charge in [-0.2, -0.15) is 5.26 Å². The van der Waals surface area contributed by atoms with E-state index in [0.29, 0.717) is 0 Å². The van der Waals surface area contributed by atoms with Gasteiger partial charge in [0, 0.05) is 11.6 Å². The van der Waals surface area contributed by atoms with Crippen molar-refractivity contribution in [2.45, 2.75) is 6.10 Å². The standard InChI is InChI=1S/C10H6N2O6/c11-3-5-1-2-7(12(17)18)8(6(5)4-13)9(14)10(15)16/h1-2,4,9,14H,(H,15,16). The molecule has 92 valence electrons. The Balaban J connectivity index is 3.70. The number of carboxylic acid groups (broad SMARTS) is 1. The molecule has 0 bridgehead atoms. The van der Waals surface area contributed by atoms with Crippen LogP contribution in [0.4, 0.5) is 5.69 Å². The number of aliphatic carboxylic acids is 1. The highest BCUT2D eigenvalue weighted by atomic mass is 16.6. The molecule has 2 N–H and O–H groups in total. The minimum Gasteiger partial charge on any atom is -0.479 e. The van der Waals surface area contributed by atoms with Crippen LogP contribution in [0.1, 0.15) is 27.6 Å². The van der Waals surface area contributed by atoms with Gasteiger partial charge in [0.2, 0.25) is 0 Å². The smallest absolute Gasteiger partial charge is 0.337 e. The van der Waals surface area contributed by atoms with E-state index in [1.165, 1.54) is 0 Å². The first kappa shape index (κ1) is 13.3. The summed E-state index contributed by atoms with van der Waals surface area (Å²) in [6.45, 7) is 0. The predicted octanol–water partition coefficient (Wildman–Crippen LogP) is 0.397. The number of rotatable bonds is 4. The van der Waals surface area contributed by atoms with Crippen LogP contribution in [0.3, 0.4) is 0 Å². The molecule has 0 saturated carbocycles. The lowest BCUT2D eigenvalue weighted by Crippen LogP contribution is -2.15. The highest BCUT2D eigenvalue weighted by Crippen LogP contribution is 2.30. The van der Waals surface area contributed by atoms with Crippen molar-refractivity contribution < 1.29 is 24.7 Å². The average molecular weight is 250 g/mol. The molecule has 1 unspecified atom stereocenters. The molecule has 0 saturated heterocycles. The van der Waals surface area contributed by atoms with E-state index in [-0.39, 0.29) is 11.8 Å². The fourth-order valence-electron chi connectivity index (χ4n) is 1.42. The van der Waals surface area contributed by atoms with Gasteiger partial charge in [0.25, 0.3) is 5.69 Å². The summed E-state index contributed by atoms with van der Waals surface area (Å²) in [5, 5.41) is 37.5. The SMILES string of the molecule is N#Cc1ccc([N+](=O)[O-])c(C(O)C(=O)O)c1C=O. The van der Waals surface area contributed by atoms with Gasteiger partial charge in [0.1, 0.15) is 0 Å².